The summed E-state index contributed by atoms with van der Waals surface area (Å²) in [5.74, 6) is -0.291. The number of aliphatic hydroxyl groups is 1. The average Bonchev–Trinajstić information content (AvgIpc) is 2.50. The topological polar surface area (TPSA) is 70.1 Å². The predicted octanol–water partition coefficient (Wildman–Crippen LogP) is 3.00. The third-order valence-corrected chi connectivity index (χ3v) is 5.04. The number of ether oxygens (including phenoxy) is 1. The van der Waals surface area contributed by atoms with Crippen LogP contribution in [0.25, 0.3) is 0 Å². The third-order valence-electron chi connectivity index (χ3n) is 4.81. The van der Waals surface area contributed by atoms with Crippen LogP contribution >= 0.6 is 11.6 Å². The van der Waals surface area contributed by atoms with Gasteiger partial charge in [-0.1, -0.05) is 6.92 Å². The van der Waals surface area contributed by atoms with Crippen LogP contribution in [0.1, 0.15) is 60.8 Å². The number of nitrogens with zero attached hydrogens (tertiary/aromatic N) is 2. The number of hydrogen-bond acceptors (Lipinski definition) is 4. The van der Waals surface area contributed by atoms with E-state index in [1.54, 1.807) is 9.80 Å². The highest BCUT2D eigenvalue weighted by molar-refractivity contribution is 6.27. The molecule has 1 aliphatic rings. The minimum atomic E-state index is -1.02. The first-order valence-corrected chi connectivity index (χ1v) is 9.44. The molecule has 0 unspecified atom stereocenters. The van der Waals surface area contributed by atoms with Crippen LogP contribution in [0.3, 0.4) is 0 Å². The number of rotatable bonds is 5. The van der Waals surface area contributed by atoms with Crippen LogP contribution in [0.5, 0.6) is 0 Å². The number of alkyl halides is 1. The van der Waals surface area contributed by atoms with E-state index in [-0.39, 0.29) is 30.0 Å². The highest BCUT2D eigenvalue weighted by Crippen LogP contribution is 2.29. The number of piperidine rings is 1. The molecule has 25 heavy (non-hydrogen) atoms. The monoisotopic (exact) mass is 376 g/mol. The van der Waals surface area contributed by atoms with Crippen molar-refractivity contribution in [3.8, 4) is 0 Å². The first-order valence-electron chi connectivity index (χ1n) is 8.90. The summed E-state index contributed by atoms with van der Waals surface area (Å²) in [5, 5.41) is 11.0. The van der Waals surface area contributed by atoms with E-state index in [0.717, 1.165) is 6.42 Å². The summed E-state index contributed by atoms with van der Waals surface area (Å²) < 4.78 is 5.38. The second kappa shape index (κ2) is 8.12. The van der Waals surface area contributed by atoms with E-state index in [9.17, 15) is 14.7 Å². The van der Waals surface area contributed by atoms with Gasteiger partial charge < -0.3 is 19.6 Å². The molecule has 1 N–H and O–H groups in total. The van der Waals surface area contributed by atoms with Gasteiger partial charge in [-0.15, -0.1) is 11.6 Å². The molecule has 1 fully saturated rings. The molecule has 0 aromatic heterocycles. The van der Waals surface area contributed by atoms with Gasteiger partial charge in [0.1, 0.15) is 11.5 Å². The smallest absolute Gasteiger partial charge is 0.410 e. The highest BCUT2D eigenvalue weighted by atomic mass is 35.5. The van der Waals surface area contributed by atoms with Crippen molar-refractivity contribution in [1.82, 2.24) is 9.80 Å². The Balaban J connectivity index is 2.74. The first kappa shape index (κ1) is 22.0. The minimum Gasteiger partial charge on any atom is -0.444 e. The lowest BCUT2D eigenvalue weighted by Gasteiger charge is -2.45. The molecule has 1 saturated heterocycles. The summed E-state index contributed by atoms with van der Waals surface area (Å²) in [4.78, 5) is 27.7. The van der Waals surface area contributed by atoms with Crippen molar-refractivity contribution >= 4 is 23.6 Å². The predicted molar refractivity (Wildman–Crippen MR) is 98.8 cm³/mol. The molecule has 0 atom stereocenters. The molecule has 0 radical (unpaired) electrons. The van der Waals surface area contributed by atoms with Crippen LogP contribution in [0, 0.1) is 0 Å². The maximum Gasteiger partial charge on any atom is 0.410 e. The van der Waals surface area contributed by atoms with Crippen LogP contribution in [0.2, 0.25) is 0 Å². The number of carbonyl (C=O) groups excluding carboxylic acids is 2. The molecular weight excluding hydrogens is 344 g/mol. The molecule has 0 bridgehead atoms. The van der Waals surface area contributed by atoms with E-state index >= 15 is 0 Å². The van der Waals surface area contributed by atoms with Gasteiger partial charge in [0.05, 0.1) is 12.1 Å². The van der Waals surface area contributed by atoms with Crippen LogP contribution in [-0.2, 0) is 9.53 Å². The van der Waals surface area contributed by atoms with Gasteiger partial charge in [-0.05, 0) is 53.9 Å². The maximum atomic E-state index is 12.3. The van der Waals surface area contributed by atoms with Gasteiger partial charge in [0, 0.05) is 18.6 Å². The molecule has 1 aliphatic heterocycles. The van der Waals surface area contributed by atoms with Crippen LogP contribution in [-0.4, -0.2) is 69.2 Å². The zero-order valence-corrected chi connectivity index (χ0v) is 17.2. The summed E-state index contributed by atoms with van der Waals surface area (Å²) in [7, 11) is 0. The van der Waals surface area contributed by atoms with Crippen molar-refractivity contribution in [2.24, 2.45) is 0 Å². The molecule has 146 valence electrons. The fourth-order valence-corrected chi connectivity index (χ4v) is 2.93. The molecular formula is C18H33ClN2O4. The number of amides is 2. The van der Waals surface area contributed by atoms with Gasteiger partial charge in [-0.3, -0.25) is 4.79 Å². The molecule has 0 saturated carbocycles. The summed E-state index contributed by atoms with van der Waals surface area (Å²) in [6, 6.07) is 0. The Hall–Kier alpha value is -1.01. The van der Waals surface area contributed by atoms with Crippen molar-refractivity contribution in [3.63, 3.8) is 0 Å². The normalized spacial score (nSPS) is 18.0. The van der Waals surface area contributed by atoms with Crippen molar-refractivity contribution in [2.75, 3.05) is 25.5 Å². The molecule has 0 aliphatic carbocycles. The first-order chi connectivity index (χ1) is 11.3. The number of halogens is 1. The zero-order valence-electron chi connectivity index (χ0n) is 16.4. The largest absolute Gasteiger partial charge is 0.444 e. The Labute approximate surface area is 156 Å². The van der Waals surface area contributed by atoms with E-state index in [2.05, 4.69) is 0 Å². The summed E-state index contributed by atoms with van der Waals surface area (Å²) in [5.41, 5.74) is -1.95. The molecule has 6 nitrogen and oxygen atoms in total. The lowest BCUT2D eigenvalue weighted by Crippen LogP contribution is -2.58. The fourth-order valence-electron chi connectivity index (χ4n) is 2.79. The standard InChI is InChI=1S/C18H33ClN2O4/c1-7-17(5,6)21(14(22)12-19)13-18(24)8-10-20(11-9-18)15(23)25-16(2,3)4/h24H,7-13H2,1-6H3. The number of likely N-dealkylation sites (tertiary alicyclic amines) is 1. The Morgan fingerprint density at radius 2 is 1.72 bits per heavy atom. The van der Waals surface area contributed by atoms with Crippen molar-refractivity contribution < 1.29 is 19.4 Å². The lowest BCUT2D eigenvalue weighted by molar-refractivity contribution is -0.141. The number of carbonyl (C=O) groups is 2. The van der Waals surface area contributed by atoms with Gasteiger partial charge in [0.15, 0.2) is 0 Å². The van der Waals surface area contributed by atoms with Crippen molar-refractivity contribution in [1.29, 1.82) is 0 Å². The molecule has 0 spiro atoms. The molecule has 1 heterocycles. The fraction of sp³-hybridized carbons (Fsp3) is 0.889. The van der Waals surface area contributed by atoms with Crippen molar-refractivity contribution in [2.45, 2.75) is 77.5 Å². The Morgan fingerprint density at radius 1 is 1.20 bits per heavy atom. The van der Waals surface area contributed by atoms with Gasteiger partial charge in [-0.25, -0.2) is 4.79 Å². The van der Waals surface area contributed by atoms with Gasteiger partial charge >= 0.3 is 6.09 Å². The van der Waals surface area contributed by atoms with Crippen molar-refractivity contribution in [3.05, 3.63) is 0 Å². The Morgan fingerprint density at radius 3 is 2.12 bits per heavy atom. The van der Waals surface area contributed by atoms with E-state index in [1.165, 1.54) is 0 Å². The van der Waals surface area contributed by atoms with Crippen LogP contribution in [0.15, 0.2) is 0 Å². The molecule has 0 aromatic rings. The molecule has 7 heteroatoms. The van der Waals surface area contributed by atoms with Gasteiger partial charge in [-0.2, -0.15) is 0 Å². The minimum absolute atomic E-state index is 0.108. The number of β-amino-alcohol motifs (C(OH)–C–C–N with tert-alkyl or cyclic N) is 1. The SMILES string of the molecule is CCC(C)(C)N(CC1(O)CCN(C(=O)OC(C)(C)C)CC1)C(=O)CCl. The van der Waals surface area contributed by atoms with E-state index in [1.807, 2.05) is 41.5 Å². The Bertz CT molecular complexity index is 480. The van der Waals surface area contributed by atoms with Gasteiger partial charge in [0.25, 0.3) is 0 Å². The summed E-state index contributed by atoms with van der Waals surface area (Å²) in [6.07, 6.45) is 1.20. The maximum absolute atomic E-state index is 12.3. The third kappa shape index (κ3) is 6.33. The average molecular weight is 377 g/mol. The van der Waals surface area contributed by atoms with E-state index in [0.29, 0.717) is 25.9 Å². The molecule has 2 amide bonds. The zero-order chi connectivity index (χ0) is 19.5. The second-order valence-corrected chi connectivity index (χ2v) is 8.74. The second-order valence-electron chi connectivity index (χ2n) is 8.47. The van der Waals surface area contributed by atoms with E-state index in [4.69, 9.17) is 16.3 Å². The molecule has 1 rings (SSSR count). The van der Waals surface area contributed by atoms with Crippen LogP contribution in [0.4, 0.5) is 4.79 Å². The summed E-state index contributed by atoms with van der Waals surface area (Å²) >= 11 is 5.76. The molecule has 0 aromatic carbocycles. The highest BCUT2D eigenvalue weighted by Gasteiger charge is 2.40. The van der Waals surface area contributed by atoms with Gasteiger partial charge in [0.2, 0.25) is 5.91 Å². The quantitative estimate of drug-likeness (QED) is 0.749. The van der Waals surface area contributed by atoms with Crippen LogP contribution < -0.4 is 0 Å². The Kier molecular flexibility index (Phi) is 7.16. The lowest BCUT2D eigenvalue weighted by atomic mass is 9.88. The summed E-state index contributed by atoms with van der Waals surface area (Å²) in [6.45, 7) is 12.5. The van der Waals surface area contributed by atoms with E-state index < -0.39 is 11.2 Å². The number of hydrogen-bond donors (Lipinski definition) is 1.